The number of aromatic amines is 1. The first-order valence-electron chi connectivity index (χ1n) is 9.00. The van der Waals surface area contributed by atoms with E-state index >= 15 is 0 Å². The number of aromatic nitrogens is 2. The number of hydrogen-bond donors (Lipinski definition) is 3. The largest absolute Gasteiger partial charge is 0.353 e. The number of halogens is 1. The molecule has 1 fully saturated rings. The molecule has 2 aromatic rings. The Morgan fingerprint density at radius 1 is 1.15 bits per heavy atom. The average Bonchev–Trinajstić information content (AvgIpc) is 3.13. The van der Waals surface area contributed by atoms with E-state index < -0.39 is 0 Å². The van der Waals surface area contributed by atoms with Crippen molar-refractivity contribution < 1.29 is 9.59 Å². The summed E-state index contributed by atoms with van der Waals surface area (Å²) in [6.45, 7) is 0.294. The zero-order chi connectivity index (χ0) is 18.4. The summed E-state index contributed by atoms with van der Waals surface area (Å²) in [5, 5.41) is 13.3. The van der Waals surface area contributed by atoms with Gasteiger partial charge in [-0.25, -0.2) is 0 Å². The highest BCUT2D eigenvalue weighted by Gasteiger charge is 2.17. The second-order valence-corrected chi connectivity index (χ2v) is 7.01. The number of benzene rings is 1. The van der Waals surface area contributed by atoms with Crippen LogP contribution in [-0.4, -0.2) is 34.6 Å². The molecule has 1 aromatic heterocycles. The van der Waals surface area contributed by atoms with Gasteiger partial charge in [0.1, 0.15) is 0 Å². The van der Waals surface area contributed by atoms with Crippen LogP contribution in [0.25, 0.3) is 11.3 Å². The fourth-order valence-corrected chi connectivity index (χ4v) is 3.35. The van der Waals surface area contributed by atoms with Gasteiger partial charge in [-0.3, -0.25) is 14.7 Å². The standard InChI is InChI=1S/C19H23ClN4O2/c20-14-8-6-13(7-9-14)18-16(12-22-24-18)19(26)21-11-10-17(25)23-15-4-2-1-3-5-15/h6-9,12,15H,1-5,10-11H2,(H,21,26)(H,22,24)(H,23,25). The van der Waals surface area contributed by atoms with Gasteiger partial charge in [0.05, 0.1) is 17.5 Å². The van der Waals surface area contributed by atoms with Crippen molar-refractivity contribution in [2.75, 3.05) is 6.54 Å². The molecule has 3 N–H and O–H groups in total. The van der Waals surface area contributed by atoms with Crippen molar-refractivity contribution in [3.8, 4) is 11.3 Å². The Morgan fingerprint density at radius 3 is 2.62 bits per heavy atom. The third kappa shape index (κ3) is 4.85. The number of carbonyl (C=O) groups excluding carboxylic acids is 2. The highest BCUT2D eigenvalue weighted by molar-refractivity contribution is 6.30. The lowest BCUT2D eigenvalue weighted by Crippen LogP contribution is -2.38. The van der Waals surface area contributed by atoms with E-state index in [1.54, 1.807) is 12.1 Å². The van der Waals surface area contributed by atoms with E-state index in [2.05, 4.69) is 20.8 Å². The number of amides is 2. The van der Waals surface area contributed by atoms with Crippen LogP contribution in [0.4, 0.5) is 0 Å². The Labute approximate surface area is 157 Å². The van der Waals surface area contributed by atoms with Crippen molar-refractivity contribution in [1.82, 2.24) is 20.8 Å². The molecule has 1 aromatic carbocycles. The summed E-state index contributed by atoms with van der Waals surface area (Å²) in [5.74, 6) is -0.267. The summed E-state index contributed by atoms with van der Waals surface area (Å²) in [6, 6.07) is 7.45. The second-order valence-electron chi connectivity index (χ2n) is 6.57. The van der Waals surface area contributed by atoms with Crippen LogP contribution >= 0.6 is 11.6 Å². The van der Waals surface area contributed by atoms with Crippen LogP contribution in [0.15, 0.2) is 30.5 Å². The maximum Gasteiger partial charge on any atom is 0.255 e. The third-order valence-electron chi connectivity index (χ3n) is 4.62. The quantitative estimate of drug-likeness (QED) is 0.725. The molecule has 1 saturated carbocycles. The van der Waals surface area contributed by atoms with Crippen molar-refractivity contribution in [3.63, 3.8) is 0 Å². The molecule has 0 radical (unpaired) electrons. The topological polar surface area (TPSA) is 86.9 Å². The summed E-state index contributed by atoms with van der Waals surface area (Å²) in [5.41, 5.74) is 1.90. The molecular formula is C19H23ClN4O2. The molecule has 0 unspecified atom stereocenters. The third-order valence-corrected chi connectivity index (χ3v) is 4.88. The van der Waals surface area contributed by atoms with Crippen molar-refractivity contribution in [1.29, 1.82) is 0 Å². The van der Waals surface area contributed by atoms with E-state index in [1.165, 1.54) is 25.5 Å². The molecule has 0 saturated heterocycles. The van der Waals surface area contributed by atoms with E-state index in [9.17, 15) is 9.59 Å². The molecule has 0 aliphatic heterocycles. The summed E-state index contributed by atoms with van der Waals surface area (Å²) < 4.78 is 0. The molecule has 6 nitrogen and oxygen atoms in total. The van der Waals surface area contributed by atoms with Crippen molar-refractivity contribution in [2.45, 2.75) is 44.6 Å². The molecule has 1 heterocycles. The van der Waals surface area contributed by atoms with Crippen LogP contribution in [0, 0.1) is 0 Å². The van der Waals surface area contributed by atoms with Gasteiger partial charge in [0.25, 0.3) is 5.91 Å². The van der Waals surface area contributed by atoms with Crippen molar-refractivity contribution in [2.24, 2.45) is 0 Å². The molecule has 0 bridgehead atoms. The van der Waals surface area contributed by atoms with E-state index in [-0.39, 0.29) is 24.3 Å². The first-order valence-corrected chi connectivity index (χ1v) is 9.38. The van der Waals surface area contributed by atoms with Crippen LogP contribution in [0.3, 0.4) is 0 Å². The van der Waals surface area contributed by atoms with Gasteiger partial charge in [0.15, 0.2) is 0 Å². The second kappa shape index (κ2) is 8.85. The minimum absolute atomic E-state index is 0.0117. The van der Waals surface area contributed by atoms with Gasteiger partial charge in [-0.15, -0.1) is 0 Å². The Morgan fingerprint density at radius 2 is 1.88 bits per heavy atom. The maximum absolute atomic E-state index is 12.4. The number of nitrogens with zero attached hydrogens (tertiary/aromatic N) is 1. The monoisotopic (exact) mass is 374 g/mol. The number of nitrogens with one attached hydrogen (secondary N) is 3. The van der Waals surface area contributed by atoms with Gasteiger partial charge in [-0.2, -0.15) is 5.10 Å². The number of rotatable bonds is 6. The summed E-state index contributed by atoms with van der Waals surface area (Å²) in [7, 11) is 0. The van der Waals surface area contributed by atoms with E-state index in [0.717, 1.165) is 18.4 Å². The molecule has 7 heteroatoms. The van der Waals surface area contributed by atoms with Gasteiger partial charge in [0.2, 0.25) is 5.91 Å². The molecule has 0 atom stereocenters. The molecule has 0 spiro atoms. The lowest BCUT2D eigenvalue weighted by molar-refractivity contribution is -0.121. The summed E-state index contributed by atoms with van der Waals surface area (Å²) >= 11 is 5.90. The van der Waals surface area contributed by atoms with E-state index in [1.807, 2.05) is 12.1 Å². The summed E-state index contributed by atoms with van der Waals surface area (Å²) in [4.78, 5) is 24.4. The van der Waals surface area contributed by atoms with Gasteiger partial charge in [-0.1, -0.05) is 43.0 Å². The fraction of sp³-hybridized carbons (Fsp3) is 0.421. The number of hydrogen-bond acceptors (Lipinski definition) is 3. The van der Waals surface area contributed by atoms with Crippen molar-refractivity contribution >= 4 is 23.4 Å². The SMILES string of the molecule is O=C(CCNC(=O)c1cn[nH]c1-c1ccc(Cl)cc1)NC1CCCCC1. The zero-order valence-electron chi connectivity index (χ0n) is 14.6. The minimum Gasteiger partial charge on any atom is -0.353 e. The zero-order valence-corrected chi connectivity index (χ0v) is 15.3. The van der Waals surface area contributed by atoms with Gasteiger partial charge < -0.3 is 10.6 Å². The molecule has 1 aliphatic carbocycles. The van der Waals surface area contributed by atoms with Crippen LogP contribution in [0.2, 0.25) is 5.02 Å². The lowest BCUT2D eigenvalue weighted by atomic mass is 9.95. The fourth-order valence-electron chi connectivity index (χ4n) is 3.23. The Hall–Kier alpha value is -2.34. The average molecular weight is 375 g/mol. The predicted octanol–water partition coefficient (Wildman–Crippen LogP) is 3.30. The molecular weight excluding hydrogens is 352 g/mol. The molecule has 3 rings (SSSR count). The van der Waals surface area contributed by atoms with Crippen LogP contribution < -0.4 is 10.6 Å². The molecule has 2 amide bonds. The minimum atomic E-state index is -0.255. The highest BCUT2D eigenvalue weighted by Crippen LogP contribution is 2.23. The Kier molecular flexibility index (Phi) is 6.28. The molecule has 138 valence electrons. The van der Waals surface area contributed by atoms with Crippen LogP contribution in [0.1, 0.15) is 48.9 Å². The first-order chi connectivity index (χ1) is 12.6. The number of H-pyrrole nitrogens is 1. The van der Waals surface area contributed by atoms with E-state index in [4.69, 9.17) is 11.6 Å². The highest BCUT2D eigenvalue weighted by atomic mass is 35.5. The Balaban J connectivity index is 1.50. The van der Waals surface area contributed by atoms with Gasteiger partial charge in [-0.05, 0) is 25.0 Å². The number of carbonyl (C=O) groups is 2. The summed E-state index contributed by atoms with van der Waals surface area (Å²) in [6.07, 6.45) is 7.47. The Bertz CT molecular complexity index is 751. The molecule has 26 heavy (non-hydrogen) atoms. The predicted molar refractivity (Wildman–Crippen MR) is 101 cm³/mol. The van der Waals surface area contributed by atoms with Crippen LogP contribution in [0.5, 0.6) is 0 Å². The lowest BCUT2D eigenvalue weighted by Gasteiger charge is -2.22. The van der Waals surface area contributed by atoms with E-state index in [0.29, 0.717) is 22.8 Å². The van der Waals surface area contributed by atoms with Crippen molar-refractivity contribution in [3.05, 3.63) is 41.0 Å². The first kappa shape index (κ1) is 18.5. The van der Waals surface area contributed by atoms with Gasteiger partial charge >= 0.3 is 0 Å². The maximum atomic E-state index is 12.4. The normalized spacial score (nSPS) is 14.8. The van der Waals surface area contributed by atoms with Gasteiger partial charge in [0, 0.05) is 29.6 Å². The van der Waals surface area contributed by atoms with Crippen LogP contribution in [-0.2, 0) is 4.79 Å². The smallest absolute Gasteiger partial charge is 0.255 e. The molecule has 1 aliphatic rings.